The van der Waals surface area contributed by atoms with Gasteiger partial charge in [0.2, 0.25) is 11.8 Å². The monoisotopic (exact) mass is 216 g/mol. The molecule has 0 aromatic heterocycles. The molecule has 4 nitrogen and oxygen atoms in total. The van der Waals surface area contributed by atoms with Gasteiger partial charge >= 0.3 is 0 Å². The van der Waals surface area contributed by atoms with Crippen LogP contribution in [0.15, 0.2) is 0 Å². The molecular weight excluding hydrogens is 199 g/mol. The lowest BCUT2D eigenvalue weighted by Gasteiger charge is -2.43. The summed E-state index contributed by atoms with van der Waals surface area (Å²) in [5.41, 5.74) is -0.950. The van der Waals surface area contributed by atoms with E-state index < -0.39 is 18.3 Å². The molecular formula is C10H17FN2O2. The zero-order valence-corrected chi connectivity index (χ0v) is 9.34. The van der Waals surface area contributed by atoms with Gasteiger partial charge in [-0.15, -0.1) is 0 Å². The van der Waals surface area contributed by atoms with Crippen LogP contribution in [-0.2, 0) is 9.59 Å². The summed E-state index contributed by atoms with van der Waals surface area (Å²) in [7, 11) is 0. The van der Waals surface area contributed by atoms with Crippen molar-refractivity contribution in [3.8, 4) is 0 Å². The van der Waals surface area contributed by atoms with Crippen molar-refractivity contribution in [1.82, 2.24) is 10.2 Å². The third-order valence-corrected chi connectivity index (χ3v) is 2.82. The topological polar surface area (TPSA) is 49.4 Å². The lowest BCUT2D eigenvalue weighted by atomic mass is 9.95. The number of hydrogen-bond acceptors (Lipinski definition) is 2. The first kappa shape index (κ1) is 11.9. The molecule has 0 aliphatic carbocycles. The second-order valence-electron chi connectivity index (χ2n) is 4.17. The van der Waals surface area contributed by atoms with Gasteiger partial charge < -0.3 is 10.2 Å². The van der Waals surface area contributed by atoms with E-state index in [1.165, 1.54) is 4.90 Å². The van der Waals surface area contributed by atoms with Crippen LogP contribution in [0.4, 0.5) is 4.39 Å². The molecule has 0 saturated carbocycles. The van der Waals surface area contributed by atoms with Gasteiger partial charge in [-0.05, 0) is 20.3 Å². The second-order valence-corrected chi connectivity index (χ2v) is 4.17. The Kier molecular flexibility index (Phi) is 3.31. The fraction of sp³-hybridized carbons (Fsp3) is 0.800. The molecule has 1 unspecified atom stereocenters. The summed E-state index contributed by atoms with van der Waals surface area (Å²) in [5.74, 6) is -0.415. The fourth-order valence-corrected chi connectivity index (χ4v) is 1.73. The summed E-state index contributed by atoms with van der Waals surface area (Å²) >= 11 is 0. The molecule has 1 fully saturated rings. The Bertz CT molecular complexity index is 279. The van der Waals surface area contributed by atoms with E-state index in [0.717, 1.165) is 0 Å². The van der Waals surface area contributed by atoms with Gasteiger partial charge in [-0.3, -0.25) is 9.59 Å². The number of amides is 2. The molecule has 1 aliphatic rings. The fourth-order valence-electron chi connectivity index (χ4n) is 1.73. The lowest BCUT2D eigenvalue weighted by molar-refractivity contribution is -0.155. The van der Waals surface area contributed by atoms with Gasteiger partial charge in [0.15, 0.2) is 0 Å². The van der Waals surface area contributed by atoms with Crippen molar-refractivity contribution < 1.29 is 14.0 Å². The Hall–Kier alpha value is -1.13. The molecule has 2 amide bonds. The normalized spacial score (nSPS) is 25.3. The summed E-state index contributed by atoms with van der Waals surface area (Å²) in [6.45, 7) is 4.42. The highest BCUT2D eigenvalue weighted by molar-refractivity contribution is 5.99. The third kappa shape index (κ3) is 1.96. The maximum Gasteiger partial charge on any atom is 0.246 e. The molecule has 15 heavy (non-hydrogen) atoms. The van der Waals surface area contributed by atoms with Crippen LogP contribution in [0.1, 0.15) is 27.2 Å². The maximum atomic E-state index is 12.3. The zero-order valence-electron chi connectivity index (χ0n) is 9.34. The van der Waals surface area contributed by atoms with E-state index in [9.17, 15) is 14.0 Å². The van der Waals surface area contributed by atoms with Crippen molar-refractivity contribution in [2.45, 2.75) is 38.8 Å². The van der Waals surface area contributed by atoms with Gasteiger partial charge in [-0.25, -0.2) is 4.39 Å². The van der Waals surface area contributed by atoms with Crippen LogP contribution in [0.3, 0.4) is 0 Å². The Morgan fingerprint density at radius 2 is 2.07 bits per heavy atom. The van der Waals surface area contributed by atoms with Crippen LogP contribution in [0.5, 0.6) is 0 Å². The van der Waals surface area contributed by atoms with Gasteiger partial charge in [0.25, 0.3) is 0 Å². The van der Waals surface area contributed by atoms with E-state index in [0.29, 0.717) is 6.42 Å². The number of piperazine rings is 1. The van der Waals surface area contributed by atoms with Crippen LogP contribution in [-0.4, -0.2) is 41.5 Å². The van der Waals surface area contributed by atoms with Crippen molar-refractivity contribution >= 4 is 11.8 Å². The minimum atomic E-state index is -0.950. The number of rotatable bonds is 3. The van der Waals surface area contributed by atoms with Crippen LogP contribution >= 0.6 is 0 Å². The molecule has 1 saturated heterocycles. The van der Waals surface area contributed by atoms with Crippen molar-refractivity contribution in [3.63, 3.8) is 0 Å². The van der Waals surface area contributed by atoms with E-state index in [1.807, 2.05) is 6.92 Å². The molecule has 86 valence electrons. The lowest BCUT2D eigenvalue weighted by Crippen LogP contribution is -2.68. The first-order chi connectivity index (χ1) is 6.95. The molecule has 0 radical (unpaired) electrons. The SMILES string of the molecule is CCC1NC(=O)C(C)(C)N(CCF)C1=O. The molecule has 1 atom stereocenters. The summed E-state index contributed by atoms with van der Waals surface area (Å²) in [5, 5.41) is 2.64. The molecule has 1 N–H and O–H groups in total. The Labute approximate surface area is 88.8 Å². The first-order valence-electron chi connectivity index (χ1n) is 5.13. The highest BCUT2D eigenvalue weighted by atomic mass is 19.1. The summed E-state index contributed by atoms with van der Waals surface area (Å²) < 4.78 is 12.3. The average molecular weight is 216 g/mol. The number of halogens is 1. The molecule has 5 heteroatoms. The van der Waals surface area contributed by atoms with Crippen molar-refractivity contribution in [2.75, 3.05) is 13.2 Å². The number of nitrogens with zero attached hydrogens (tertiary/aromatic N) is 1. The number of carbonyl (C=O) groups excluding carboxylic acids is 2. The quantitative estimate of drug-likeness (QED) is 0.745. The number of alkyl halides is 1. The van der Waals surface area contributed by atoms with Crippen molar-refractivity contribution in [3.05, 3.63) is 0 Å². The summed E-state index contributed by atoms with van der Waals surface area (Å²) in [6.07, 6.45) is 0.531. The highest BCUT2D eigenvalue weighted by Crippen LogP contribution is 2.21. The Balaban J connectivity index is 2.94. The molecule has 1 aliphatic heterocycles. The summed E-state index contributed by atoms with van der Waals surface area (Å²) in [4.78, 5) is 24.9. The molecule has 1 rings (SSSR count). The Morgan fingerprint density at radius 3 is 2.53 bits per heavy atom. The molecule has 1 heterocycles. The van der Waals surface area contributed by atoms with E-state index in [-0.39, 0.29) is 18.4 Å². The molecule has 0 bridgehead atoms. The smallest absolute Gasteiger partial charge is 0.246 e. The van der Waals surface area contributed by atoms with Crippen LogP contribution < -0.4 is 5.32 Å². The predicted molar refractivity (Wildman–Crippen MR) is 54.0 cm³/mol. The molecule has 0 aromatic carbocycles. The van der Waals surface area contributed by atoms with Gasteiger partial charge in [-0.1, -0.05) is 6.92 Å². The van der Waals surface area contributed by atoms with Gasteiger partial charge in [0.05, 0.1) is 6.54 Å². The maximum absolute atomic E-state index is 12.3. The van der Waals surface area contributed by atoms with E-state index in [2.05, 4.69) is 5.32 Å². The van der Waals surface area contributed by atoms with Gasteiger partial charge in [0, 0.05) is 0 Å². The van der Waals surface area contributed by atoms with E-state index in [1.54, 1.807) is 13.8 Å². The molecule has 0 aromatic rings. The van der Waals surface area contributed by atoms with Crippen LogP contribution in [0.2, 0.25) is 0 Å². The van der Waals surface area contributed by atoms with Crippen molar-refractivity contribution in [2.24, 2.45) is 0 Å². The zero-order chi connectivity index (χ0) is 11.6. The second kappa shape index (κ2) is 4.16. The third-order valence-electron chi connectivity index (χ3n) is 2.82. The van der Waals surface area contributed by atoms with Crippen LogP contribution in [0.25, 0.3) is 0 Å². The average Bonchev–Trinajstić information content (AvgIpc) is 2.19. The van der Waals surface area contributed by atoms with E-state index in [4.69, 9.17) is 0 Å². The highest BCUT2D eigenvalue weighted by Gasteiger charge is 2.45. The van der Waals surface area contributed by atoms with E-state index >= 15 is 0 Å². The van der Waals surface area contributed by atoms with Gasteiger partial charge in [0.1, 0.15) is 18.3 Å². The molecule has 0 spiro atoms. The minimum absolute atomic E-state index is 0.0181. The predicted octanol–water partition coefficient (Wildman–Crippen LogP) is 0.471. The largest absolute Gasteiger partial charge is 0.342 e. The Morgan fingerprint density at radius 1 is 1.47 bits per heavy atom. The minimum Gasteiger partial charge on any atom is -0.342 e. The number of nitrogens with one attached hydrogen (secondary N) is 1. The summed E-state index contributed by atoms with van der Waals surface area (Å²) in [6, 6.07) is -0.503. The van der Waals surface area contributed by atoms with Crippen molar-refractivity contribution in [1.29, 1.82) is 0 Å². The number of hydrogen-bond donors (Lipinski definition) is 1. The first-order valence-corrected chi connectivity index (χ1v) is 5.13. The van der Waals surface area contributed by atoms with Gasteiger partial charge in [-0.2, -0.15) is 0 Å². The van der Waals surface area contributed by atoms with Crippen LogP contribution in [0, 0.1) is 0 Å². The standard InChI is InChI=1S/C10H17FN2O2/c1-4-7-8(14)13(6-5-11)10(2,3)9(15)12-7/h7H,4-6H2,1-3H3,(H,12,15). The number of carbonyl (C=O) groups is 2.